The van der Waals surface area contributed by atoms with E-state index >= 15 is 0 Å². The molecular weight excluding hydrogens is 458 g/mol. The number of nitrogens with one attached hydrogen (secondary N) is 1. The highest BCUT2D eigenvalue weighted by molar-refractivity contribution is 7.88. The van der Waals surface area contributed by atoms with Crippen molar-refractivity contribution in [2.24, 2.45) is 0 Å². The van der Waals surface area contributed by atoms with Gasteiger partial charge in [-0.1, -0.05) is 0 Å². The maximum Gasteiger partial charge on any atom is 0.324 e. The molecule has 0 unspecified atom stereocenters. The van der Waals surface area contributed by atoms with Crippen LogP contribution in [-0.4, -0.2) is 76.8 Å². The Morgan fingerprint density at radius 3 is 2.21 bits per heavy atom. The summed E-state index contributed by atoms with van der Waals surface area (Å²) in [5, 5.41) is 4.68. The number of hydrogen-bond acceptors (Lipinski definition) is 6. The van der Waals surface area contributed by atoms with Crippen LogP contribution in [0.4, 0.5) is 10.6 Å². The number of methoxy groups -OCH3 is 1. The number of sulfonamides is 1. The number of carbonyl (C=O) groups excluding carboxylic acids is 1. The number of amides is 2. The van der Waals surface area contributed by atoms with Crippen LogP contribution >= 0.6 is 0 Å². The Morgan fingerprint density at radius 1 is 1.03 bits per heavy atom. The third-order valence-corrected chi connectivity index (χ3v) is 5.64. The first-order valence-corrected chi connectivity index (χ1v) is 12.4. The summed E-state index contributed by atoms with van der Waals surface area (Å²) in [4.78, 5) is 15.4. The van der Waals surface area contributed by atoms with Crippen LogP contribution in [0.5, 0.6) is 11.5 Å². The summed E-state index contributed by atoms with van der Waals surface area (Å²) in [7, 11) is 3.40. The molecule has 182 valence electrons. The molecule has 1 aromatic heterocycles. The van der Waals surface area contributed by atoms with E-state index in [2.05, 4.69) is 9.82 Å². The largest absolute Gasteiger partial charge is 0.497 e. The molecule has 1 heterocycles. The van der Waals surface area contributed by atoms with Crippen LogP contribution in [0.2, 0.25) is 0 Å². The number of urea groups is 1. The molecule has 0 aliphatic heterocycles. The van der Waals surface area contributed by atoms with Crippen molar-refractivity contribution >= 4 is 21.9 Å². The van der Waals surface area contributed by atoms with Gasteiger partial charge in [0.05, 0.1) is 24.7 Å². The van der Waals surface area contributed by atoms with Gasteiger partial charge in [-0.05, 0) is 48.5 Å². The normalized spacial score (nSPS) is 11.2. The minimum Gasteiger partial charge on any atom is -0.497 e. The Labute approximate surface area is 199 Å². The molecule has 3 rings (SSSR count). The van der Waals surface area contributed by atoms with Gasteiger partial charge < -0.3 is 14.4 Å². The molecule has 0 bridgehead atoms. The fourth-order valence-electron chi connectivity index (χ4n) is 3.17. The maximum atomic E-state index is 12.5. The van der Waals surface area contributed by atoms with E-state index in [1.165, 1.54) is 9.80 Å². The van der Waals surface area contributed by atoms with Crippen molar-refractivity contribution in [1.82, 2.24) is 19.4 Å². The Kier molecular flexibility index (Phi) is 7.79. The maximum absolute atomic E-state index is 12.5. The lowest BCUT2D eigenvalue weighted by atomic mass is 10.1. The highest BCUT2D eigenvalue weighted by Crippen LogP contribution is 2.29. The minimum absolute atomic E-state index is 0.181. The van der Waals surface area contributed by atoms with Crippen molar-refractivity contribution in [2.45, 2.75) is 0 Å². The van der Waals surface area contributed by atoms with Crippen LogP contribution in [0.15, 0.2) is 54.6 Å². The molecule has 2 aromatic carbocycles. The Balaban J connectivity index is 1.89. The van der Waals surface area contributed by atoms with Gasteiger partial charge in [0.1, 0.15) is 18.1 Å². The summed E-state index contributed by atoms with van der Waals surface area (Å²) < 4.78 is 37.3. The molecule has 34 heavy (non-hydrogen) atoms. The van der Waals surface area contributed by atoms with Crippen molar-refractivity contribution in [3.8, 4) is 28.4 Å². The van der Waals surface area contributed by atoms with Gasteiger partial charge in [-0.15, -0.1) is 5.10 Å². The zero-order chi connectivity index (χ0) is 24.9. The quantitative estimate of drug-likeness (QED) is 0.465. The van der Waals surface area contributed by atoms with Crippen molar-refractivity contribution in [3.05, 3.63) is 54.6 Å². The molecular formula is C23H29N5O5S. The fourth-order valence-corrected chi connectivity index (χ4v) is 3.63. The highest BCUT2D eigenvalue weighted by atomic mass is 32.2. The van der Waals surface area contributed by atoms with Gasteiger partial charge >= 0.3 is 6.03 Å². The first-order valence-electron chi connectivity index (χ1n) is 10.5. The zero-order valence-electron chi connectivity index (χ0n) is 19.8. The van der Waals surface area contributed by atoms with Gasteiger partial charge in [-0.2, -0.15) is 0 Å². The van der Waals surface area contributed by atoms with Crippen LogP contribution in [0, 0.1) is 0 Å². The molecule has 10 nitrogen and oxygen atoms in total. The van der Waals surface area contributed by atoms with Crippen LogP contribution in [-0.2, 0) is 10.0 Å². The van der Waals surface area contributed by atoms with Crippen molar-refractivity contribution in [1.29, 1.82) is 0 Å². The van der Waals surface area contributed by atoms with Gasteiger partial charge in [0.2, 0.25) is 10.0 Å². The molecule has 0 fully saturated rings. The van der Waals surface area contributed by atoms with Gasteiger partial charge in [0, 0.05) is 39.3 Å². The molecule has 0 saturated heterocycles. The summed E-state index contributed by atoms with van der Waals surface area (Å²) in [6, 6.07) is 16.5. The second-order valence-corrected chi connectivity index (χ2v) is 9.61. The van der Waals surface area contributed by atoms with E-state index in [1.807, 2.05) is 42.5 Å². The predicted octanol–water partition coefficient (Wildman–Crippen LogP) is 2.59. The average Bonchev–Trinajstić information content (AvgIpc) is 3.26. The molecule has 3 aromatic rings. The van der Waals surface area contributed by atoms with E-state index in [0.717, 1.165) is 29.0 Å². The van der Waals surface area contributed by atoms with E-state index in [9.17, 15) is 13.2 Å². The second-order valence-electron chi connectivity index (χ2n) is 7.77. The topological polar surface area (TPSA) is 106 Å². The van der Waals surface area contributed by atoms with Crippen LogP contribution in [0.1, 0.15) is 0 Å². The van der Waals surface area contributed by atoms with Gasteiger partial charge in [-0.25, -0.2) is 22.6 Å². The van der Waals surface area contributed by atoms with Crippen LogP contribution in [0.25, 0.3) is 16.9 Å². The monoisotopic (exact) mass is 487 g/mol. The number of anilines is 1. The third-order valence-electron chi connectivity index (χ3n) is 4.91. The third kappa shape index (κ3) is 6.27. The second kappa shape index (κ2) is 10.6. The smallest absolute Gasteiger partial charge is 0.324 e. The number of carbonyl (C=O) groups is 1. The lowest BCUT2D eigenvalue weighted by molar-refractivity contribution is 0.225. The number of rotatable bonds is 9. The summed E-state index contributed by atoms with van der Waals surface area (Å²) >= 11 is 0. The highest BCUT2D eigenvalue weighted by Gasteiger charge is 2.19. The van der Waals surface area contributed by atoms with E-state index in [0.29, 0.717) is 11.6 Å². The Hall–Kier alpha value is -3.57. The zero-order valence-corrected chi connectivity index (χ0v) is 20.7. The summed E-state index contributed by atoms with van der Waals surface area (Å²) in [6.07, 6.45) is 1.10. The standard InChI is InChI=1S/C23H29N5O5S/c1-26(2)23(29)27(3)22-16-21(28(25-22)18-8-12-19(32-4)13-9-18)17-6-10-20(11-7-17)33-15-14-24-34(5,30)31/h6-13,16,24H,14-15H2,1-5H3. The summed E-state index contributed by atoms with van der Waals surface area (Å²) in [5.74, 6) is 1.83. The Morgan fingerprint density at radius 2 is 1.65 bits per heavy atom. The van der Waals surface area contributed by atoms with Crippen LogP contribution in [0.3, 0.4) is 0 Å². The van der Waals surface area contributed by atoms with Gasteiger partial charge in [0.15, 0.2) is 5.82 Å². The number of hydrogen-bond donors (Lipinski definition) is 1. The van der Waals surface area contributed by atoms with E-state index < -0.39 is 10.0 Å². The molecule has 2 amide bonds. The van der Waals surface area contributed by atoms with Crippen molar-refractivity contribution in [2.75, 3.05) is 52.6 Å². The molecule has 1 N–H and O–H groups in total. The molecule has 0 atom stereocenters. The van der Waals surface area contributed by atoms with Crippen molar-refractivity contribution in [3.63, 3.8) is 0 Å². The molecule has 0 aliphatic rings. The Bertz CT molecular complexity index is 1220. The summed E-state index contributed by atoms with van der Waals surface area (Å²) in [6.45, 7) is 0.387. The lowest BCUT2D eigenvalue weighted by Gasteiger charge is -2.19. The SMILES string of the molecule is COc1ccc(-n2nc(N(C)C(=O)N(C)C)cc2-c2ccc(OCCNS(C)(=O)=O)cc2)cc1. The average molecular weight is 488 g/mol. The summed E-state index contributed by atoms with van der Waals surface area (Å²) in [5.41, 5.74) is 2.45. The number of aromatic nitrogens is 2. The minimum atomic E-state index is -3.25. The van der Waals surface area contributed by atoms with Gasteiger partial charge in [-0.3, -0.25) is 4.90 Å². The van der Waals surface area contributed by atoms with Gasteiger partial charge in [0.25, 0.3) is 0 Å². The molecule has 0 aliphatic carbocycles. The fraction of sp³-hybridized carbons (Fsp3) is 0.304. The molecule has 11 heteroatoms. The lowest BCUT2D eigenvalue weighted by Crippen LogP contribution is -2.36. The van der Waals surface area contributed by atoms with Crippen molar-refractivity contribution < 1.29 is 22.7 Å². The van der Waals surface area contributed by atoms with Crippen LogP contribution < -0.4 is 19.1 Å². The first-order chi connectivity index (χ1) is 16.1. The van der Waals surface area contributed by atoms with E-state index in [-0.39, 0.29) is 19.2 Å². The number of benzene rings is 2. The molecule has 0 saturated carbocycles. The van der Waals surface area contributed by atoms with E-state index in [4.69, 9.17) is 9.47 Å². The molecule has 0 spiro atoms. The predicted molar refractivity (Wildman–Crippen MR) is 131 cm³/mol. The van der Waals surface area contributed by atoms with E-state index in [1.54, 1.807) is 45.1 Å². The number of nitrogens with zero attached hydrogens (tertiary/aromatic N) is 4. The first kappa shape index (κ1) is 25.1. The molecule has 0 radical (unpaired) electrons. The number of ether oxygens (including phenoxy) is 2.